The lowest BCUT2D eigenvalue weighted by Crippen LogP contribution is -2.31. The lowest BCUT2D eigenvalue weighted by atomic mass is 9.86. The van der Waals surface area contributed by atoms with E-state index >= 15 is 0 Å². The summed E-state index contributed by atoms with van der Waals surface area (Å²) < 4.78 is 6.05. The number of rotatable bonds is 13. The molecule has 188 valence electrons. The maximum absolute atomic E-state index is 11.2. The number of ether oxygens (including phenoxy) is 1. The number of primary amides is 1. The molecule has 0 fully saturated rings. The van der Waals surface area contributed by atoms with E-state index in [2.05, 4.69) is 71.8 Å². The van der Waals surface area contributed by atoms with Crippen LogP contribution in [0.25, 0.3) is 0 Å². The summed E-state index contributed by atoms with van der Waals surface area (Å²) in [5.41, 5.74) is 10.5. The molecule has 1 atom stereocenters. The van der Waals surface area contributed by atoms with Crippen molar-refractivity contribution in [2.24, 2.45) is 5.73 Å². The summed E-state index contributed by atoms with van der Waals surface area (Å²) in [6.45, 7) is 5.71. The molecule has 1 aliphatic rings. The van der Waals surface area contributed by atoms with Crippen molar-refractivity contribution in [3.63, 3.8) is 0 Å². The molecule has 0 spiro atoms. The number of hydrogen-bond donors (Lipinski definition) is 1. The fraction of sp³-hybridized carbons (Fsp3) is 0.323. The zero-order valence-corrected chi connectivity index (χ0v) is 21.9. The third kappa shape index (κ3) is 7.67. The number of hydrogen-bond acceptors (Lipinski definition) is 4. The molecule has 0 radical (unpaired) electrons. The van der Waals surface area contributed by atoms with Crippen molar-refractivity contribution in [1.29, 1.82) is 0 Å². The highest BCUT2D eigenvalue weighted by molar-refractivity contribution is 7.10. The van der Waals surface area contributed by atoms with Crippen LogP contribution in [0.3, 0.4) is 0 Å². The van der Waals surface area contributed by atoms with Gasteiger partial charge in [-0.3, -0.25) is 9.69 Å². The van der Waals surface area contributed by atoms with Gasteiger partial charge in [-0.15, -0.1) is 11.3 Å². The number of aryl methyl sites for hydroxylation is 1. The van der Waals surface area contributed by atoms with Gasteiger partial charge in [-0.1, -0.05) is 66.3 Å². The second-order valence-electron chi connectivity index (χ2n) is 9.43. The van der Waals surface area contributed by atoms with Gasteiger partial charge in [-0.2, -0.15) is 0 Å². The van der Waals surface area contributed by atoms with Gasteiger partial charge in [0.15, 0.2) is 0 Å². The van der Waals surface area contributed by atoms with Crippen molar-refractivity contribution < 1.29 is 9.53 Å². The molecule has 0 aliphatic heterocycles. The Balaban J connectivity index is 1.44. The molecule has 0 saturated heterocycles. The summed E-state index contributed by atoms with van der Waals surface area (Å²) in [6, 6.07) is 20.8. The molecule has 1 heterocycles. The van der Waals surface area contributed by atoms with Crippen LogP contribution in [0.15, 0.2) is 89.8 Å². The van der Waals surface area contributed by atoms with Gasteiger partial charge in [-0.05, 0) is 66.5 Å². The first-order chi connectivity index (χ1) is 17.6. The van der Waals surface area contributed by atoms with E-state index in [4.69, 9.17) is 10.5 Å². The largest absolute Gasteiger partial charge is 0.494 e. The van der Waals surface area contributed by atoms with Crippen molar-refractivity contribution in [3.8, 4) is 5.75 Å². The number of thiophene rings is 1. The summed E-state index contributed by atoms with van der Waals surface area (Å²) in [7, 11) is 0. The van der Waals surface area contributed by atoms with Crippen molar-refractivity contribution in [2.45, 2.75) is 45.1 Å². The lowest BCUT2D eigenvalue weighted by Gasteiger charge is -2.30. The van der Waals surface area contributed by atoms with Gasteiger partial charge < -0.3 is 10.5 Å². The SMILES string of the molecule is Cc1ccsc1CN(CCCOc1cccc(CC(N)=O)c1)CC(C1=CC=CCC1)c1ccccc1. The minimum Gasteiger partial charge on any atom is -0.494 e. The minimum atomic E-state index is -0.330. The number of amides is 1. The predicted molar refractivity (Wildman–Crippen MR) is 149 cm³/mol. The van der Waals surface area contributed by atoms with Gasteiger partial charge in [0, 0.05) is 30.4 Å². The van der Waals surface area contributed by atoms with Crippen LogP contribution in [0, 0.1) is 6.92 Å². The first kappa shape index (κ1) is 25.9. The number of nitrogens with two attached hydrogens (primary N) is 1. The monoisotopic (exact) mass is 500 g/mol. The lowest BCUT2D eigenvalue weighted by molar-refractivity contribution is -0.117. The van der Waals surface area contributed by atoms with Crippen LogP contribution in [0.1, 0.15) is 46.7 Å². The highest BCUT2D eigenvalue weighted by Gasteiger charge is 2.21. The molecule has 1 aliphatic carbocycles. The Morgan fingerprint density at radius 1 is 1.14 bits per heavy atom. The molecule has 4 nitrogen and oxygen atoms in total. The average molecular weight is 501 g/mol. The normalized spacial score (nSPS) is 14.0. The average Bonchev–Trinajstić information content (AvgIpc) is 3.29. The molecule has 3 aromatic rings. The molecule has 4 rings (SSSR count). The standard InChI is InChI=1S/C31H36N2O2S/c1-24-16-19-36-30(24)23-33(17-9-18-35-28-15-8-10-25(20-28)21-31(32)34)22-29(26-11-4-2-5-12-26)27-13-6-3-7-14-27/h2-6,8,10-13,15-16,19-20,29H,7,9,14,17-18,21-23H2,1H3,(H2,32,34). The van der Waals surface area contributed by atoms with E-state index < -0.39 is 0 Å². The van der Waals surface area contributed by atoms with E-state index in [1.165, 1.54) is 21.6 Å². The zero-order chi connectivity index (χ0) is 25.2. The third-order valence-electron chi connectivity index (χ3n) is 6.64. The molecule has 5 heteroatoms. The summed E-state index contributed by atoms with van der Waals surface area (Å²) in [5.74, 6) is 0.835. The van der Waals surface area contributed by atoms with Crippen molar-refractivity contribution in [1.82, 2.24) is 4.90 Å². The number of carbonyl (C=O) groups is 1. The number of benzene rings is 2. The first-order valence-electron chi connectivity index (χ1n) is 12.7. The molecule has 36 heavy (non-hydrogen) atoms. The van der Waals surface area contributed by atoms with E-state index in [-0.39, 0.29) is 12.3 Å². The van der Waals surface area contributed by atoms with E-state index in [1.807, 2.05) is 35.6 Å². The second-order valence-corrected chi connectivity index (χ2v) is 10.4. The van der Waals surface area contributed by atoms with Crippen LogP contribution in [-0.2, 0) is 17.8 Å². The predicted octanol–water partition coefficient (Wildman–Crippen LogP) is 6.42. The van der Waals surface area contributed by atoms with Crippen LogP contribution in [0.4, 0.5) is 0 Å². The molecule has 1 amide bonds. The minimum absolute atomic E-state index is 0.233. The Bertz CT molecular complexity index is 1180. The van der Waals surface area contributed by atoms with Crippen LogP contribution in [0.2, 0.25) is 0 Å². The van der Waals surface area contributed by atoms with Crippen LogP contribution < -0.4 is 10.5 Å². The second kappa shape index (κ2) is 13.2. The molecule has 0 bridgehead atoms. The van der Waals surface area contributed by atoms with Gasteiger partial charge in [-0.25, -0.2) is 0 Å². The van der Waals surface area contributed by atoms with Gasteiger partial charge in [0.1, 0.15) is 5.75 Å². The van der Waals surface area contributed by atoms with E-state index in [1.54, 1.807) is 0 Å². The Morgan fingerprint density at radius 3 is 2.72 bits per heavy atom. The maximum atomic E-state index is 11.2. The zero-order valence-electron chi connectivity index (χ0n) is 21.1. The Hall–Kier alpha value is -3.15. The van der Waals surface area contributed by atoms with Gasteiger partial charge >= 0.3 is 0 Å². The van der Waals surface area contributed by atoms with Crippen molar-refractivity contribution in [2.75, 3.05) is 19.7 Å². The van der Waals surface area contributed by atoms with Crippen molar-refractivity contribution >= 4 is 17.2 Å². The fourth-order valence-corrected chi connectivity index (χ4v) is 5.67. The Kier molecular flexibility index (Phi) is 9.54. The van der Waals surface area contributed by atoms with E-state index in [0.29, 0.717) is 12.5 Å². The van der Waals surface area contributed by atoms with E-state index in [9.17, 15) is 4.79 Å². The van der Waals surface area contributed by atoms with Crippen LogP contribution in [0.5, 0.6) is 5.75 Å². The fourth-order valence-electron chi connectivity index (χ4n) is 4.72. The summed E-state index contributed by atoms with van der Waals surface area (Å²) >= 11 is 1.84. The number of carbonyl (C=O) groups excluding carboxylic acids is 1. The molecule has 2 aromatic carbocycles. The van der Waals surface area contributed by atoms with Crippen LogP contribution >= 0.6 is 11.3 Å². The van der Waals surface area contributed by atoms with Gasteiger partial charge in [0.25, 0.3) is 0 Å². The highest BCUT2D eigenvalue weighted by Crippen LogP contribution is 2.32. The Labute approximate surface area is 219 Å². The van der Waals surface area contributed by atoms with Crippen molar-refractivity contribution in [3.05, 3.63) is 111 Å². The summed E-state index contributed by atoms with van der Waals surface area (Å²) in [4.78, 5) is 15.3. The highest BCUT2D eigenvalue weighted by atomic mass is 32.1. The summed E-state index contributed by atoms with van der Waals surface area (Å²) in [6.07, 6.45) is 10.2. The molecule has 1 aromatic heterocycles. The smallest absolute Gasteiger partial charge is 0.221 e. The first-order valence-corrected chi connectivity index (χ1v) is 13.6. The van der Waals surface area contributed by atoms with E-state index in [0.717, 1.165) is 50.2 Å². The number of allylic oxidation sites excluding steroid dienone is 3. The Morgan fingerprint density at radius 2 is 2.00 bits per heavy atom. The third-order valence-corrected chi connectivity index (χ3v) is 7.64. The quantitative estimate of drug-likeness (QED) is 0.276. The molecule has 0 saturated carbocycles. The maximum Gasteiger partial charge on any atom is 0.221 e. The molecular formula is C31H36N2O2S. The van der Waals surface area contributed by atoms with Gasteiger partial charge in [0.05, 0.1) is 13.0 Å². The summed E-state index contributed by atoms with van der Waals surface area (Å²) in [5, 5.41) is 2.19. The topological polar surface area (TPSA) is 55.6 Å². The number of nitrogens with zero attached hydrogens (tertiary/aromatic N) is 1. The molecular weight excluding hydrogens is 464 g/mol. The van der Waals surface area contributed by atoms with Gasteiger partial charge in [0.2, 0.25) is 5.91 Å². The molecule has 2 N–H and O–H groups in total. The molecule has 1 unspecified atom stereocenters. The van der Waals surface area contributed by atoms with Crippen LogP contribution in [-0.4, -0.2) is 30.5 Å².